The molecule has 0 spiro atoms. The number of ether oxygens (including phenoxy) is 6. The van der Waals surface area contributed by atoms with Crippen LogP contribution in [0.5, 0.6) is 17.2 Å². The zero-order valence-corrected chi connectivity index (χ0v) is 32.2. The number of fused-ring (bicyclic) bond motifs is 1. The fourth-order valence-electron chi connectivity index (χ4n) is 5.63. The number of unbranched alkanes of at least 4 members (excludes halogenated alkanes) is 8. The molecular weight excluding hydrogens is 716 g/mol. The average Bonchev–Trinajstić information content (AvgIpc) is 3.67. The molecule has 0 bridgehead atoms. The van der Waals surface area contributed by atoms with Crippen molar-refractivity contribution in [2.75, 3.05) is 33.0 Å². The molecule has 0 radical (unpaired) electrons. The van der Waals surface area contributed by atoms with Crippen LogP contribution in [0, 0.1) is 0 Å². The van der Waals surface area contributed by atoms with Gasteiger partial charge in [0.1, 0.15) is 34.2 Å². The molecule has 11 nitrogen and oxygen atoms in total. The molecule has 3 aromatic carbocycles. The summed E-state index contributed by atoms with van der Waals surface area (Å²) in [7, 11) is 0. The molecule has 1 aromatic heterocycles. The number of hydrogen-bond donors (Lipinski definition) is 0. The summed E-state index contributed by atoms with van der Waals surface area (Å²) in [5.41, 5.74) is 1.61. The first kappa shape index (κ1) is 42.9. The van der Waals surface area contributed by atoms with E-state index in [2.05, 4.69) is 20.1 Å². The topological polar surface area (TPSA) is 137 Å². The Morgan fingerprint density at radius 2 is 1.21 bits per heavy atom. The Morgan fingerprint density at radius 1 is 0.607 bits per heavy atom. The third kappa shape index (κ3) is 14.1. The molecule has 0 atom stereocenters. The SMILES string of the molecule is C=CC(=O)OCCCCCCOc1ccc(C(=O)Oc2ccc(-c3cc4c(OCCCCCCOC(=O)C=C)cccc4o3)cc2C(=O)OCCCCC)cc1. The van der Waals surface area contributed by atoms with Crippen LogP contribution in [-0.2, 0) is 23.8 Å². The number of rotatable bonds is 26. The van der Waals surface area contributed by atoms with E-state index in [0.29, 0.717) is 54.8 Å². The first-order valence-electron chi connectivity index (χ1n) is 19.3. The molecule has 56 heavy (non-hydrogen) atoms. The van der Waals surface area contributed by atoms with E-state index in [1.807, 2.05) is 24.3 Å². The maximum Gasteiger partial charge on any atom is 0.343 e. The minimum absolute atomic E-state index is 0.0674. The first-order chi connectivity index (χ1) is 27.3. The number of carbonyl (C=O) groups is 4. The fraction of sp³-hybridized carbons (Fsp3) is 0.378. The molecule has 0 saturated carbocycles. The van der Waals surface area contributed by atoms with Crippen LogP contribution < -0.4 is 14.2 Å². The van der Waals surface area contributed by atoms with Crippen molar-refractivity contribution in [3.63, 3.8) is 0 Å². The highest BCUT2D eigenvalue weighted by Crippen LogP contribution is 2.36. The van der Waals surface area contributed by atoms with E-state index >= 15 is 0 Å². The molecule has 0 amide bonds. The maximum atomic E-state index is 13.4. The monoisotopic (exact) mass is 768 g/mol. The van der Waals surface area contributed by atoms with Gasteiger partial charge in [-0.3, -0.25) is 0 Å². The standard InChI is InChI=1S/C45H52O11/c1-4-7-12-30-54-45(49)37-31-34(41-32-36-38(18-17-19-39(36)55-41)51-27-14-9-11-16-29-53-43(47)6-3)22-25-40(37)56-44(48)33-20-23-35(24-21-33)50-26-13-8-10-15-28-52-42(46)5-2/h5-6,17-25,31-32H,2-4,7-16,26-30H2,1H3. The summed E-state index contributed by atoms with van der Waals surface area (Å²) >= 11 is 0. The minimum atomic E-state index is -0.636. The van der Waals surface area contributed by atoms with Gasteiger partial charge in [-0.2, -0.15) is 0 Å². The van der Waals surface area contributed by atoms with Crippen molar-refractivity contribution in [2.24, 2.45) is 0 Å². The third-order valence-electron chi connectivity index (χ3n) is 8.70. The van der Waals surface area contributed by atoms with E-state index < -0.39 is 23.9 Å². The smallest absolute Gasteiger partial charge is 0.343 e. The van der Waals surface area contributed by atoms with Crippen LogP contribution in [0.3, 0.4) is 0 Å². The minimum Gasteiger partial charge on any atom is -0.494 e. The highest BCUT2D eigenvalue weighted by Gasteiger charge is 2.21. The lowest BCUT2D eigenvalue weighted by Gasteiger charge is -2.12. The molecule has 0 aliphatic carbocycles. The van der Waals surface area contributed by atoms with Crippen molar-refractivity contribution in [2.45, 2.75) is 77.6 Å². The Kier molecular flexibility index (Phi) is 18.3. The molecule has 0 N–H and O–H groups in total. The molecule has 0 aliphatic rings. The van der Waals surface area contributed by atoms with Gasteiger partial charge in [0.2, 0.25) is 0 Å². The largest absolute Gasteiger partial charge is 0.494 e. The molecule has 4 rings (SSSR count). The van der Waals surface area contributed by atoms with Crippen LogP contribution in [0.15, 0.2) is 96.5 Å². The summed E-state index contributed by atoms with van der Waals surface area (Å²) in [6.07, 6.45) is 11.8. The second kappa shape index (κ2) is 23.8. The van der Waals surface area contributed by atoms with Crippen LogP contribution in [0.2, 0.25) is 0 Å². The lowest BCUT2D eigenvalue weighted by Crippen LogP contribution is -2.13. The van der Waals surface area contributed by atoms with Gasteiger partial charge >= 0.3 is 23.9 Å². The summed E-state index contributed by atoms with van der Waals surface area (Å²) in [5, 5.41) is 0.786. The summed E-state index contributed by atoms with van der Waals surface area (Å²) in [6.45, 7) is 10.8. The van der Waals surface area contributed by atoms with Crippen molar-refractivity contribution in [3.8, 4) is 28.6 Å². The predicted molar refractivity (Wildman–Crippen MR) is 213 cm³/mol. The maximum absolute atomic E-state index is 13.4. The fourth-order valence-corrected chi connectivity index (χ4v) is 5.63. The van der Waals surface area contributed by atoms with Gasteiger partial charge in [-0.1, -0.05) is 39.0 Å². The zero-order chi connectivity index (χ0) is 40.0. The average molecular weight is 769 g/mol. The molecule has 0 saturated heterocycles. The number of hydrogen-bond acceptors (Lipinski definition) is 11. The number of furan rings is 1. The molecule has 11 heteroatoms. The Hall–Kier alpha value is -5.84. The van der Waals surface area contributed by atoms with E-state index in [4.69, 9.17) is 32.8 Å². The first-order valence-corrected chi connectivity index (χ1v) is 19.3. The number of benzene rings is 3. The molecule has 4 aromatic rings. The molecule has 1 heterocycles. The van der Waals surface area contributed by atoms with E-state index in [9.17, 15) is 19.2 Å². The van der Waals surface area contributed by atoms with Crippen LogP contribution >= 0.6 is 0 Å². The van der Waals surface area contributed by atoms with Crippen molar-refractivity contribution in [1.82, 2.24) is 0 Å². The summed E-state index contributed by atoms with van der Waals surface area (Å²) < 4.78 is 39.5. The van der Waals surface area contributed by atoms with E-state index in [0.717, 1.165) is 88.2 Å². The highest BCUT2D eigenvalue weighted by molar-refractivity contribution is 5.98. The van der Waals surface area contributed by atoms with Crippen LogP contribution in [0.25, 0.3) is 22.3 Å². The quantitative estimate of drug-likeness (QED) is 0.0198. The molecule has 0 unspecified atom stereocenters. The van der Waals surface area contributed by atoms with E-state index in [1.165, 1.54) is 0 Å². The van der Waals surface area contributed by atoms with Crippen molar-refractivity contribution in [1.29, 1.82) is 0 Å². The van der Waals surface area contributed by atoms with E-state index in [-0.39, 0.29) is 23.5 Å². The normalized spacial score (nSPS) is 10.7. The summed E-state index contributed by atoms with van der Waals surface area (Å²) in [4.78, 5) is 48.9. The highest BCUT2D eigenvalue weighted by atomic mass is 16.6. The second-order valence-corrected chi connectivity index (χ2v) is 13.0. The van der Waals surface area contributed by atoms with Crippen molar-refractivity contribution < 1.29 is 52.0 Å². The Morgan fingerprint density at radius 3 is 1.86 bits per heavy atom. The van der Waals surface area contributed by atoms with Gasteiger partial charge < -0.3 is 32.8 Å². The second-order valence-electron chi connectivity index (χ2n) is 13.0. The lowest BCUT2D eigenvalue weighted by atomic mass is 10.1. The molecule has 0 aliphatic heterocycles. The lowest BCUT2D eigenvalue weighted by molar-refractivity contribution is -0.138. The van der Waals surface area contributed by atoms with Crippen LogP contribution in [0.1, 0.15) is 98.3 Å². The Balaban J connectivity index is 1.37. The van der Waals surface area contributed by atoms with Crippen LogP contribution in [-0.4, -0.2) is 56.9 Å². The van der Waals surface area contributed by atoms with Gasteiger partial charge in [0.25, 0.3) is 0 Å². The number of esters is 4. The third-order valence-corrected chi connectivity index (χ3v) is 8.70. The molecule has 298 valence electrons. The molecular formula is C45H52O11. The van der Waals surface area contributed by atoms with Crippen LogP contribution in [0.4, 0.5) is 0 Å². The van der Waals surface area contributed by atoms with Gasteiger partial charge in [0, 0.05) is 17.7 Å². The predicted octanol–water partition coefficient (Wildman–Crippen LogP) is 10.0. The summed E-state index contributed by atoms with van der Waals surface area (Å²) in [5.74, 6) is -0.201. The molecule has 0 fully saturated rings. The van der Waals surface area contributed by atoms with Gasteiger partial charge in [0.15, 0.2) is 0 Å². The van der Waals surface area contributed by atoms with Crippen molar-refractivity contribution >= 4 is 34.8 Å². The zero-order valence-electron chi connectivity index (χ0n) is 32.2. The Bertz CT molecular complexity index is 1890. The van der Waals surface area contributed by atoms with Crippen molar-refractivity contribution in [3.05, 3.63) is 103 Å². The Labute approximate surface area is 328 Å². The van der Waals surface area contributed by atoms with Gasteiger partial charge in [-0.25, -0.2) is 19.2 Å². The van der Waals surface area contributed by atoms with Gasteiger partial charge in [-0.15, -0.1) is 0 Å². The number of carbonyl (C=O) groups excluding carboxylic acids is 4. The van der Waals surface area contributed by atoms with Gasteiger partial charge in [-0.05, 0) is 118 Å². The van der Waals surface area contributed by atoms with E-state index in [1.54, 1.807) is 42.5 Å². The van der Waals surface area contributed by atoms with Gasteiger partial charge in [0.05, 0.1) is 44.0 Å². The summed E-state index contributed by atoms with van der Waals surface area (Å²) in [6, 6.07) is 19.0.